The number of hydrogen-bond acceptors (Lipinski definition) is 3. The van der Waals surface area contributed by atoms with Crippen molar-refractivity contribution in [1.82, 2.24) is 4.98 Å². The molecule has 116 valence electrons. The SMILES string of the molecule is CCOC(=O)c1[nH]c2c(Br)cccc2c1C(=O)c1ccccc1. The van der Waals surface area contributed by atoms with Gasteiger partial charge in [-0.25, -0.2) is 4.79 Å². The largest absolute Gasteiger partial charge is 0.461 e. The third-order valence-corrected chi connectivity index (χ3v) is 4.19. The number of ether oxygens (including phenoxy) is 1. The molecule has 4 nitrogen and oxygen atoms in total. The van der Waals surface area contributed by atoms with Crippen LogP contribution in [0.2, 0.25) is 0 Å². The van der Waals surface area contributed by atoms with E-state index in [1.807, 2.05) is 24.3 Å². The van der Waals surface area contributed by atoms with E-state index >= 15 is 0 Å². The van der Waals surface area contributed by atoms with Gasteiger partial charge in [0, 0.05) is 15.4 Å². The molecule has 5 heteroatoms. The van der Waals surface area contributed by atoms with Gasteiger partial charge >= 0.3 is 5.97 Å². The van der Waals surface area contributed by atoms with Crippen molar-refractivity contribution in [3.63, 3.8) is 0 Å². The van der Waals surface area contributed by atoms with Crippen molar-refractivity contribution in [2.75, 3.05) is 6.61 Å². The molecule has 0 aliphatic rings. The standard InChI is InChI=1S/C18H14BrNO3/c1-2-23-18(22)16-14(17(21)11-7-4-3-5-8-11)12-9-6-10-13(19)15(12)20-16/h3-10,20H,2H2,1H3. The van der Waals surface area contributed by atoms with Gasteiger partial charge in [0.1, 0.15) is 5.69 Å². The summed E-state index contributed by atoms with van der Waals surface area (Å²) in [5.74, 6) is -0.743. The van der Waals surface area contributed by atoms with E-state index in [0.717, 1.165) is 4.47 Å². The number of carbonyl (C=O) groups excluding carboxylic acids is 2. The smallest absolute Gasteiger partial charge is 0.355 e. The fraction of sp³-hybridized carbons (Fsp3) is 0.111. The van der Waals surface area contributed by atoms with Crippen LogP contribution in [0.4, 0.5) is 0 Å². The summed E-state index contributed by atoms with van der Waals surface area (Å²) in [5.41, 5.74) is 1.75. The van der Waals surface area contributed by atoms with Crippen LogP contribution in [0.1, 0.15) is 33.3 Å². The molecule has 0 atom stereocenters. The molecule has 0 bridgehead atoms. The first-order chi connectivity index (χ1) is 11.1. The van der Waals surface area contributed by atoms with Crippen LogP contribution in [-0.4, -0.2) is 23.3 Å². The number of hydrogen-bond donors (Lipinski definition) is 1. The van der Waals surface area contributed by atoms with Crippen LogP contribution in [0, 0.1) is 0 Å². The van der Waals surface area contributed by atoms with Crippen molar-refractivity contribution >= 4 is 38.6 Å². The first kappa shape index (κ1) is 15.5. The maximum atomic E-state index is 12.9. The molecule has 0 fully saturated rings. The first-order valence-electron chi connectivity index (χ1n) is 7.20. The van der Waals surface area contributed by atoms with E-state index in [-0.39, 0.29) is 18.1 Å². The van der Waals surface area contributed by atoms with Crippen LogP contribution < -0.4 is 0 Å². The highest BCUT2D eigenvalue weighted by atomic mass is 79.9. The number of rotatable bonds is 4. The summed E-state index contributed by atoms with van der Waals surface area (Å²) in [6.45, 7) is 1.98. The number of esters is 1. The fourth-order valence-electron chi connectivity index (χ4n) is 2.51. The molecule has 1 heterocycles. The lowest BCUT2D eigenvalue weighted by Crippen LogP contribution is -2.12. The van der Waals surface area contributed by atoms with E-state index in [1.165, 1.54) is 0 Å². The van der Waals surface area contributed by atoms with Gasteiger partial charge in [-0.05, 0) is 28.9 Å². The maximum absolute atomic E-state index is 12.9. The Hall–Kier alpha value is -2.40. The molecule has 0 radical (unpaired) electrons. The highest BCUT2D eigenvalue weighted by Gasteiger charge is 2.25. The summed E-state index contributed by atoms with van der Waals surface area (Å²) in [6, 6.07) is 14.4. The molecule has 23 heavy (non-hydrogen) atoms. The van der Waals surface area contributed by atoms with E-state index in [2.05, 4.69) is 20.9 Å². The summed E-state index contributed by atoms with van der Waals surface area (Å²) in [6.07, 6.45) is 0. The number of H-pyrrole nitrogens is 1. The van der Waals surface area contributed by atoms with Crippen molar-refractivity contribution in [3.8, 4) is 0 Å². The first-order valence-corrected chi connectivity index (χ1v) is 7.99. The molecular weight excluding hydrogens is 358 g/mol. The summed E-state index contributed by atoms with van der Waals surface area (Å²) in [4.78, 5) is 28.2. The number of halogens is 1. The Labute approximate surface area is 141 Å². The van der Waals surface area contributed by atoms with Crippen molar-refractivity contribution in [3.05, 3.63) is 69.8 Å². The van der Waals surface area contributed by atoms with Gasteiger partial charge in [0.2, 0.25) is 0 Å². The van der Waals surface area contributed by atoms with Crippen LogP contribution in [0.3, 0.4) is 0 Å². The summed E-state index contributed by atoms with van der Waals surface area (Å²) in [7, 11) is 0. The average molecular weight is 372 g/mol. The highest BCUT2D eigenvalue weighted by Crippen LogP contribution is 2.30. The quantitative estimate of drug-likeness (QED) is 0.548. The topological polar surface area (TPSA) is 59.2 Å². The molecule has 0 spiro atoms. The van der Waals surface area contributed by atoms with Gasteiger partial charge in [-0.1, -0.05) is 42.5 Å². The molecule has 2 aromatic carbocycles. The lowest BCUT2D eigenvalue weighted by Gasteiger charge is -2.04. The number of fused-ring (bicyclic) bond motifs is 1. The summed E-state index contributed by atoms with van der Waals surface area (Å²) in [5, 5.41) is 0.691. The van der Waals surface area contributed by atoms with E-state index in [9.17, 15) is 9.59 Å². The van der Waals surface area contributed by atoms with Gasteiger partial charge in [-0.15, -0.1) is 0 Å². The second-order valence-corrected chi connectivity index (χ2v) is 5.81. The van der Waals surface area contributed by atoms with E-state index in [0.29, 0.717) is 22.0 Å². The van der Waals surface area contributed by atoms with Crippen LogP contribution in [0.25, 0.3) is 10.9 Å². The molecule has 0 amide bonds. The Kier molecular flexibility index (Phi) is 4.30. The molecule has 1 N–H and O–H groups in total. The Morgan fingerprint density at radius 3 is 2.52 bits per heavy atom. The third kappa shape index (κ3) is 2.80. The molecular formula is C18H14BrNO3. The minimum atomic E-state index is -0.533. The zero-order chi connectivity index (χ0) is 16.4. The molecule has 3 rings (SSSR count). The normalized spacial score (nSPS) is 10.7. The Bertz CT molecular complexity index is 884. The molecule has 0 aliphatic heterocycles. The van der Waals surface area contributed by atoms with Gasteiger partial charge in [-0.2, -0.15) is 0 Å². The van der Waals surface area contributed by atoms with Crippen LogP contribution in [-0.2, 0) is 4.74 Å². The minimum absolute atomic E-state index is 0.183. The van der Waals surface area contributed by atoms with E-state index in [1.54, 1.807) is 31.2 Å². The van der Waals surface area contributed by atoms with Crippen LogP contribution >= 0.6 is 15.9 Å². The van der Waals surface area contributed by atoms with E-state index < -0.39 is 5.97 Å². The lowest BCUT2D eigenvalue weighted by atomic mass is 10.00. The van der Waals surface area contributed by atoms with Crippen molar-refractivity contribution in [2.45, 2.75) is 6.92 Å². The summed E-state index contributed by atoms with van der Waals surface area (Å²) >= 11 is 3.44. The number of aromatic nitrogens is 1. The molecule has 1 aromatic heterocycles. The second kappa shape index (κ2) is 6.38. The summed E-state index contributed by atoms with van der Waals surface area (Å²) < 4.78 is 5.87. The number of ketones is 1. The Morgan fingerprint density at radius 1 is 1.09 bits per heavy atom. The van der Waals surface area contributed by atoms with E-state index in [4.69, 9.17) is 4.74 Å². The van der Waals surface area contributed by atoms with Gasteiger partial charge in [0.25, 0.3) is 0 Å². The number of carbonyl (C=O) groups is 2. The number of nitrogens with one attached hydrogen (secondary N) is 1. The number of benzene rings is 2. The maximum Gasteiger partial charge on any atom is 0.355 e. The number of para-hydroxylation sites is 1. The molecule has 0 unspecified atom stereocenters. The highest BCUT2D eigenvalue weighted by molar-refractivity contribution is 9.10. The van der Waals surface area contributed by atoms with Gasteiger partial charge in [0.15, 0.2) is 5.78 Å². The molecule has 0 saturated heterocycles. The fourth-order valence-corrected chi connectivity index (χ4v) is 2.97. The molecule has 0 aliphatic carbocycles. The molecule has 3 aromatic rings. The van der Waals surface area contributed by atoms with Crippen LogP contribution in [0.5, 0.6) is 0 Å². The second-order valence-electron chi connectivity index (χ2n) is 4.95. The predicted molar refractivity (Wildman–Crippen MR) is 91.8 cm³/mol. The zero-order valence-electron chi connectivity index (χ0n) is 12.4. The van der Waals surface area contributed by atoms with Crippen LogP contribution in [0.15, 0.2) is 53.0 Å². The zero-order valence-corrected chi connectivity index (χ0v) is 14.0. The predicted octanol–water partition coefficient (Wildman–Crippen LogP) is 4.34. The van der Waals surface area contributed by atoms with Gasteiger partial charge < -0.3 is 9.72 Å². The minimum Gasteiger partial charge on any atom is -0.461 e. The lowest BCUT2D eigenvalue weighted by molar-refractivity contribution is 0.0518. The number of aromatic amines is 1. The Morgan fingerprint density at radius 2 is 1.83 bits per heavy atom. The van der Waals surface area contributed by atoms with Crippen molar-refractivity contribution in [2.24, 2.45) is 0 Å². The third-order valence-electron chi connectivity index (χ3n) is 3.53. The Balaban J connectivity index is 2.24. The average Bonchev–Trinajstić information content (AvgIpc) is 2.96. The van der Waals surface area contributed by atoms with Crippen molar-refractivity contribution in [1.29, 1.82) is 0 Å². The monoisotopic (exact) mass is 371 g/mol. The molecule has 0 saturated carbocycles. The van der Waals surface area contributed by atoms with Gasteiger partial charge in [-0.3, -0.25) is 4.79 Å². The van der Waals surface area contributed by atoms with Crippen molar-refractivity contribution < 1.29 is 14.3 Å². The van der Waals surface area contributed by atoms with Gasteiger partial charge in [0.05, 0.1) is 17.7 Å².